The van der Waals surface area contributed by atoms with E-state index in [4.69, 9.17) is 14.0 Å². The molecule has 0 fully saturated rings. The standard InChI is InChI=1S/C23H17N3O4/c27-22(20-14-28-18-8-4-5-9-19(18)29-20)24-17-12-10-16(11-13-17)23-25-21(26-30-23)15-6-2-1-3-7-15/h1-13,20H,14H2,(H,24,27)/t20-/m0/s1. The third kappa shape index (κ3) is 3.60. The second-order valence-corrected chi connectivity index (χ2v) is 6.72. The predicted molar refractivity (Wildman–Crippen MR) is 110 cm³/mol. The van der Waals surface area contributed by atoms with Gasteiger partial charge >= 0.3 is 0 Å². The monoisotopic (exact) mass is 399 g/mol. The zero-order chi connectivity index (χ0) is 20.3. The first-order valence-corrected chi connectivity index (χ1v) is 9.45. The Bertz CT molecular complexity index is 1170. The number of amides is 1. The van der Waals surface area contributed by atoms with Crippen LogP contribution in [0.1, 0.15) is 0 Å². The van der Waals surface area contributed by atoms with Crippen LogP contribution in [-0.2, 0) is 4.79 Å². The maximum absolute atomic E-state index is 12.5. The Hall–Kier alpha value is -4.13. The molecule has 148 valence electrons. The molecule has 1 aliphatic heterocycles. The van der Waals surface area contributed by atoms with Crippen molar-refractivity contribution in [2.75, 3.05) is 11.9 Å². The van der Waals surface area contributed by atoms with E-state index in [2.05, 4.69) is 15.5 Å². The van der Waals surface area contributed by atoms with Gasteiger partial charge in [-0.1, -0.05) is 47.6 Å². The number of hydrogen-bond acceptors (Lipinski definition) is 6. The van der Waals surface area contributed by atoms with Crippen LogP contribution in [0.2, 0.25) is 0 Å². The van der Waals surface area contributed by atoms with Crippen molar-refractivity contribution in [2.45, 2.75) is 6.10 Å². The first-order valence-electron chi connectivity index (χ1n) is 9.45. The zero-order valence-corrected chi connectivity index (χ0v) is 15.8. The van der Waals surface area contributed by atoms with Gasteiger partial charge in [0.25, 0.3) is 11.8 Å². The summed E-state index contributed by atoms with van der Waals surface area (Å²) < 4.78 is 16.7. The first-order chi connectivity index (χ1) is 14.8. The predicted octanol–water partition coefficient (Wildman–Crippen LogP) is 4.18. The topological polar surface area (TPSA) is 86.5 Å². The van der Waals surface area contributed by atoms with Gasteiger partial charge in [-0.3, -0.25) is 4.79 Å². The Morgan fingerprint density at radius 3 is 2.40 bits per heavy atom. The fraction of sp³-hybridized carbons (Fsp3) is 0.0870. The minimum absolute atomic E-state index is 0.158. The van der Waals surface area contributed by atoms with Crippen molar-refractivity contribution >= 4 is 11.6 Å². The van der Waals surface area contributed by atoms with Crippen LogP contribution in [0, 0.1) is 0 Å². The summed E-state index contributed by atoms with van der Waals surface area (Å²) in [5.41, 5.74) is 2.27. The minimum Gasteiger partial charge on any atom is -0.485 e. The Morgan fingerprint density at radius 2 is 1.60 bits per heavy atom. The van der Waals surface area contributed by atoms with Crippen LogP contribution < -0.4 is 14.8 Å². The fourth-order valence-corrected chi connectivity index (χ4v) is 3.11. The van der Waals surface area contributed by atoms with Crippen molar-refractivity contribution in [2.24, 2.45) is 0 Å². The Balaban J connectivity index is 1.26. The highest BCUT2D eigenvalue weighted by Gasteiger charge is 2.27. The van der Waals surface area contributed by atoms with Crippen molar-refractivity contribution < 1.29 is 18.8 Å². The lowest BCUT2D eigenvalue weighted by molar-refractivity contribution is -0.125. The number of benzene rings is 3. The van der Waals surface area contributed by atoms with Gasteiger partial charge in [-0.05, 0) is 36.4 Å². The normalized spacial score (nSPS) is 14.9. The van der Waals surface area contributed by atoms with Crippen molar-refractivity contribution in [3.8, 4) is 34.3 Å². The largest absolute Gasteiger partial charge is 0.485 e. The molecule has 1 aliphatic rings. The summed E-state index contributed by atoms with van der Waals surface area (Å²) in [6, 6.07) is 24.1. The molecule has 5 rings (SSSR count). The second-order valence-electron chi connectivity index (χ2n) is 6.72. The van der Waals surface area contributed by atoms with Crippen LogP contribution in [0.25, 0.3) is 22.8 Å². The Morgan fingerprint density at radius 1 is 0.867 bits per heavy atom. The van der Waals surface area contributed by atoms with Crippen LogP contribution in [0.3, 0.4) is 0 Å². The van der Waals surface area contributed by atoms with Gasteiger partial charge in [0.05, 0.1) is 0 Å². The molecule has 1 N–H and O–H groups in total. The van der Waals surface area contributed by atoms with Crippen LogP contribution in [0.5, 0.6) is 11.5 Å². The molecule has 7 nitrogen and oxygen atoms in total. The van der Waals surface area contributed by atoms with Crippen LogP contribution in [0.15, 0.2) is 83.4 Å². The molecule has 0 aliphatic carbocycles. The van der Waals surface area contributed by atoms with E-state index in [1.807, 2.05) is 60.7 Å². The molecule has 2 heterocycles. The zero-order valence-electron chi connectivity index (χ0n) is 15.8. The lowest BCUT2D eigenvalue weighted by Crippen LogP contribution is -2.40. The lowest BCUT2D eigenvalue weighted by Gasteiger charge is -2.25. The number of carbonyl (C=O) groups excluding carboxylic acids is 1. The van der Waals surface area contributed by atoms with Gasteiger partial charge in [-0.15, -0.1) is 0 Å². The number of nitrogens with one attached hydrogen (secondary N) is 1. The molecule has 7 heteroatoms. The van der Waals surface area contributed by atoms with Crippen molar-refractivity contribution in [1.29, 1.82) is 0 Å². The second kappa shape index (κ2) is 7.71. The van der Waals surface area contributed by atoms with Gasteiger partial charge in [-0.2, -0.15) is 4.98 Å². The Kier molecular flexibility index (Phi) is 4.61. The molecule has 1 atom stereocenters. The molecule has 30 heavy (non-hydrogen) atoms. The summed E-state index contributed by atoms with van der Waals surface area (Å²) in [7, 11) is 0. The molecule has 3 aromatic carbocycles. The highest BCUT2D eigenvalue weighted by Crippen LogP contribution is 2.31. The van der Waals surface area contributed by atoms with E-state index in [0.29, 0.717) is 28.9 Å². The smallest absolute Gasteiger partial charge is 0.269 e. The summed E-state index contributed by atoms with van der Waals surface area (Å²) in [6.07, 6.45) is -0.719. The number of anilines is 1. The molecule has 4 aromatic rings. The van der Waals surface area contributed by atoms with Crippen LogP contribution in [0.4, 0.5) is 5.69 Å². The third-order valence-corrected chi connectivity index (χ3v) is 4.66. The van der Waals surface area contributed by atoms with Gasteiger partial charge in [0.15, 0.2) is 11.5 Å². The summed E-state index contributed by atoms with van der Waals surface area (Å²) in [5, 5.41) is 6.87. The number of nitrogens with zero attached hydrogens (tertiary/aromatic N) is 2. The van der Waals surface area contributed by atoms with E-state index in [1.54, 1.807) is 18.2 Å². The number of fused-ring (bicyclic) bond motifs is 1. The summed E-state index contributed by atoms with van der Waals surface area (Å²) >= 11 is 0. The number of rotatable bonds is 4. The molecule has 0 bridgehead atoms. The number of ether oxygens (including phenoxy) is 2. The number of carbonyl (C=O) groups is 1. The minimum atomic E-state index is -0.719. The Labute approximate surface area is 172 Å². The maximum Gasteiger partial charge on any atom is 0.269 e. The SMILES string of the molecule is O=C(Nc1ccc(-c2nc(-c3ccccc3)no2)cc1)[C@@H]1COc2ccccc2O1. The van der Waals surface area contributed by atoms with Crippen LogP contribution in [-0.4, -0.2) is 28.8 Å². The van der Waals surface area contributed by atoms with E-state index in [9.17, 15) is 4.79 Å². The third-order valence-electron chi connectivity index (χ3n) is 4.66. The quantitative estimate of drug-likeness (QED) is 0.554. The van der Waals surface area contributed by atoms with Crippen molar-refractivity contribution in [1.82, 2.24) is 10.1 Å². The van der Waals surface area contributed by atoms with Gasteiger partial charge in [0.2, 0.25) is 11.9 Å². The van der Waals surface area contributed by atoms with Crippen LogP contribution >= 0.6 is 0 Å². The van der Waals surface area contributed by atoms with E-state index in [-0.39, 0.29) is 12.5 Å². The van der Waals surface area contributed by atoms with E-state index >= 15 is 0 Å². The van der Waals surface area contributed by atoms with Gasteiger partial charge in [0.1, 0.15) is 6.61 Å². The molecule has 0 radical (unpaired) electrons. The van der Waals surface area contributed by atoms with Gasteiger partial charge in [-0.25, -0.2) is 0 Å². The van der Waals surface area contributed by atoms with Gasteiger partial charge in [0, 0.05) is 16.8 Å². The summed E-state index contributed by atoms with van der Waals surface area (Å²) in [6.45, 7) is 0.158. The van der Waals surface area contributed by atoms with Crippen molar-refractivity contribution in [3.05, 3.63) is 78.9 Å². The average molecular weight is 399 g/mol. The summed E-state index contributed by atoms with van der Waals surface area (Å²) in [5.74, 6) is 1.86. The molecule has 0 saturated heterocycles. The first kappa shape index (κ1) is 17.9. The molecule has 1 amide bonds. The molecular weight excluding hydrogens is 382 g/mol. The number of aromatic nitrogens is 2. The number of hydrogen-bond donors (Lipinski definition) is 1. The lowest BCUT2D eigenvalue weighted by atomic mass is 10.2. The molecular formula is C23H17N3O4. The molecule has 0 spiro atoms. The summed E-state index contributed by atoms with van der Waals surface area (Å²) in [4.78, 5) is 17.0. The van der Waals surface area contributed by atoms with E-state index < -0.39 is 6.10 Å². The molecule has 0 unspecified atom stereocenters. The van der Waals surface area contributed by atoms with E-state index in [0.717, 1.165) is 11.1 Å². The maximum atomic E-state index is 12.5. The fourth-order valence-electron chi connectivity index (χ4n) is 3.11. The highest BCUT2D eigenvalue weighted by atomic mass is 16.6. The highest BCUT2D eigenvalue weighted by molar-refractivity contribution is 5.94. The molecule has 0 saturated carbocycles. The molecule has 1 aromatic heterocycles. The number of para-hydroxylation sites is 2. The van der Waals surface area contributed by atoms with E-state index in [1.165, 1.54) is 0 Å². The van der Waals surface area contributed by atoms with Gasteiger partial charge < -0.3 is 19.3 Å². The average Bonchev–Trinajstić information content (AvgIpc) is 3.30. The van der Waals surface area contributed by atoms with Crippen molar-refractivity contribution in [3.63, 3.8) is 0 Å².